The lowest BCUT2D eigenvalue weighted by molar-refractivity contribution is -0.122. The zero-order valence-electron chi connectivity index (χ0n) is 17.2. The number of rotatable bonds is 6. The van der Waals surface area contributed by atoms with Gasteiger partial charge in [-0.05, 0) is 58.1 Å². The smallest absolute Gasteiger partial charge is 0.220 e. The maximum absolute atomic E-state index is 12.6. The van der Waals surface area contributed by atoms with Gasteiger partial charge in [-0.3, -0.25) is 4.79 Å². The van der Waals surface area contributed by atoms with Gasteiger partial charge in [-0.15, -0.1) is 0 Å². The maximum Gasteiger partial charge on any atom is 0.220 e. The van der Waals surface area contributed by atoms with Crippen LogP contribution in [-0.4, -0.2) is 37.2 Å². The van der Waals surface area contributed by atoms with Crippen LogP contribution < -0.4 is 20.1 Å². The molecule has 1 atom stereocenters. The number of piperidine rings is 1. The van der Waals surface area contributed by atoms with E-state index >= 15 is 0 Å². The van der Waals surface area contributed by atoms with E-state index in [0.717, 1.165) is 29.9 Å². The Morgan fingerprint density at radius 1 is 1.19 bits per heavy atom. The van der Waals surface area contributed by atoms with Crippen molar-refractivity contribution in [3.8, 4) is 11.5 Å². The molecule has 0 bridgehead atoms. The summed E-state index contributed by atoms with van der Waals surface area (Å²) in [6.07, 6.45) is 2.30. The second-order valence-corrected chi connectivity index (χ2v) is 8.78. The fourth-order valence-electron chi connectivity index (χ4n) is 4.32. The summed E-state index contributed by atoms with van der Waals surface area (Å²) in [5.41, 5.74) is 1.06. The third kappa shape index (κ3) is 5.37. The normalized spacial score (nSPS) is 20.3. The van der Waals surface area contributed by atoms with Crippen LogP contribution in [0.4, 0.5) is 0 Å². The van der Waals surface area contributed by atoms with Crippen LogP contribution >= 0.6 is 0 Å². The van der Waals surface area contributed by atoms with Gasteiger partial charge in [0.05, 0.1) is 14.2 Å². The van der Waals surface area contributed by atoms with Crippen LogP contribution in [-0.2, 0) is 4.79 Å². The standard InChI is InChI=1S/C21H34N2O3/c1-14(17-9-8-16(25-6)11-18(17)26-7)10-19(24)22-15-12-20(2,3)23-21(4,5)13-15/h8-9,11,14-15,23H,10,12-13H2,1-7H3,(H,22,24). The lowest BCUT2D eigenvalue weighted by atomic mass is 9.79. The fourth-order valence-corrected chi connectivity index (χ4v) is 4.32. The number of hydrogen-bond donors (Lipinski definition) is 2. The molecule has 5 heteroatoms. The average Bonchev–Trinajstić information content (AvgIpc) is 2.50. The molecule has 26 heavy (non-hydrogen) atoms. The molecular formula is C21H34N2O3. The minimum absolute atomic E-state index is 0.0184. The van der Waals surface area contributed by atoms with E-state index in [1.165, 1.54) is 0 Å². The summed E-state index contributed by atoms with van der Waals surface area (Å²) < 4.78 is 10.7. The molecule has 1 aromatic rings. The molecule has 1 heterocycles. The third-order valence-corrected chi connectivity index (χ3v) is 5.02. The summed E-state index contributed by atoms with van der Waals surface area (Å²) in [7, 11) is 3.28. The monoisotopic (exact) mass is 362 g/mol. The molecule has 5 nitrogen and oxygen atoms in total. The highest BCUT2D eigenvalue weighted by atomic mass is 16.5. The van der Waals surface area contributed by atoms with E-state index in [-0.39, 0.29) is 28.9 Å². The van der Waals surface area contributed by atoms with Crippen molar-refractivity contribution in [2.75, 3.05) is 14.2 Å². The van der Waals surface area contributed by atoms with Crippen LogP contribution in [0.3, 0.4) is 0 Å². The molecule has 1 aliphatic rings. The van der Waals surface area contributed by atoms with Crippen molar-refractivity contribution in [1.29, 1.82) is 0 Å². The van der Waals surface area contributed by atoms with E-state index in [4.69, 9.17) is 9.47 Å². The van der Waals surface area contributed by atoms with Gasteiger partial charge in [0.1, 0.15) is 11.5 Å². The van der Waals surface area contributed by atoms with Gasteiger partial charge in [0.25, 0.3) is 0 Å². The maximum atomic E-state index is 12.6. The molecule has 1 aromatic carbocycles. The van der Waals surface area contributed by atoms with Crippen molar-refractivity contribution < 1.29 is 14.3 Å². The average molecular weight is 363 g/mol. The SMILES string of the molecule is COc1ccc(C(C)CC(=O)NC2CC(C)(C)NC(C)(C)C2)c(OC)c1. The van der Waals surface area contributed by atoms with Crippen molar-refractivity contribution in [1.82, 2.24) is 10.6 Å². The third-order valence-electron chi connectivity index (χ3n) is 5.02. The molecule has 0 spiro atoms. The molecule has 1 aliphatic heterocycles. The van der Waals surface area contributed by atoms with Gasteiger partial charge in [0, 0.05) is 29.6 Å². The fraction of sp³-hybridized carbons (Fsp3) is 0.667. The van der Waals surface area contributed by atoms with E-state index < -0.39 is 0 Å². The zero-order chi connectivity index (χ0) is 19.5. The molecule has 1 saturated heterocycles. The number of carbonyl (C=O) groups excluding carboxylic acids is 1. The lowest BCUT2D eigenvalue weighted by Gasteiger charge is -2.46. The van der Waals surface area contributed by atoms with Crippen molar-refractivity contribution in [3.63, 3.8) is 0 Å². The quantitative estimate of drug-likeness (QED) is 0.811. The van der Waals surface area contributed by atoms with Crippen LogP contribution in [0.15, 0.2) is 18.2 Å². The Balaban J connectivity index is 2.01. The molecule has 2 rings (SSSR count). The molecule has 146 valence electrons. The largest absolute Gasteiger partial charge is 0.497 e. The molecule has 1 amide bonds. The molecule has 0 aliphatic carbocycles. The van der Waals surface area contributed by atoms with E-state index in [1.54, 1.807) is 14.2 Å². The molecule has 0 aromatic heterocycles. The van der Waals surface area contributed by atoms with Crippen LogP contribution in [0.5, 0.6) is 11.5 Å². The number of nitrogens with one attached hydrogen (secondary N) is 2. The lowest BCUT2D eigenvalue weighted by Crippen LogP contribution is -2.62. The number of ether oxygens (including phenoxy) is 2. The predicted octanol–water partition coefficient (Wildman–Crippen LogP) is 3.62. The topological polar surface area (TPSA) is 59.6 Å². The van der Waals surface area contributed by atoms with Crippen LogP contribution in [0.25, 0.3) is 0 Å². The Kier molecular flexibility index (Phi) is 6.22. The predicted molar refractivity (Wildman–Crippen MR) is 105 cm³/mol. The molecule has 0 saturated carbocycles. The molecule has 0 radical (unpaired) electrons. The van der Waals surface area contributed by atoms with E-state index in [2.05, 4.69) is 45.3 Å². The molecule has 1 fully saturated rings. The van der Waals surface area contributed by atoms with Crippen LogP contribution in [0.1, 0.15) is 65.4 Å². The van der Waals surface area contributed by atoms with Gasteiger partial charge in [0.15, 0.2) is 0 Å². The molecule has 2 N–H and O–H groups in total. The van der Waals surface area contributed by atoms with Gasteiger partial charge in [-0.1, -0.05) is 13.0 Å². The summed E-state index contributed by atoms with van der Waals surface area (Å²) in [6.45, 7) is 10.8. The first-order valence-electron chi connectivity index (χ1n) is 9.36. The van der Waals surface area contributed by atoms with Crippen molar-refractivity contribution in [2.45, 2.75) is 76.9 Å². The van der Waals surface area contributed by atoms with Crippen molar-refractivity contribution >= 4 is 5.91 Å². The molecular weight excluding hydrogens is 328 g/mol. The highest BCUT2D eigenvalue weighted by molar-refractivity contribution is 5.77. The van der Waals surface area contributed by atoms with Gasteiger partial charge in [-0.2, -0.15) is 0 Å². The van der Waals surface area contributed by atoms with Gasteiger partial charge in [0.2, 0.25) is 5.91 Å². The van der Waals surface area contributed by atoms with Gasteiger partial charge in [-0.25, -0.2) is 0 Å². The summed E-state index contributed by atoms with van der Waals surface area (Å²) in [4.78, 5) is 12.6. The van der Waals surface area contributed by atoms with Crippen molar-refractivity contribution in [3.05, 3.63) is 23.8 Å². The second-order valence-electron chi connectivity index (χ2n) is 8.78. The number of benzene rings is 1. The van der Waals surface area contributed by atoms with Crippen molar-refractivity contribution in [2.24, 2.45) is 0 Å². The van der Waals surface area contributed by atoms with Gasteiger partial charge >= 0.3 is 0 Å². The minimum atomic E-state index is 0.0184. The Labute approximate surface area is 157 Å². The summed E-state index contributed by atoms with van der Waals surface area (Å²) in [5.74, 6) is 1.67. The first-order chi connectivity index (χ1) is 12.0. The highest BCUT2D eigenvalue weighted by Crippen LogP contribution is 2.33. The van der Waals surface area contributed by atoms with Gasteiger partial charge < -0.3 is 20.1 Å². The highest BCUT2D eigenvalue weighted by Gasteiger charge is 2.38. The number of methoxy groups -OCH3 is 2. The Morgan fingerprint density at radius 2 is 1.81 bits per heavy atom. The number of hydrogen-bond acceptors (Lipinski definition) is 4. The first kappa shape index (κ1) is 20.6. The minimum Gasteiger partial charge on any atom is -0.497 e. The van der Waals surface area contributed by atoms with E-state index in [1.807, 2.05) is 18.2 Å². The van der Waals surface area contributed by atoms with Crippen LogP contribution in [0, 0.1) is 0 Å². The first-order valence-corrected chi connectivity index (χ1v) is 9.36. The van der Waals surface area contributed by atoms with E-state index in [9.17, 15) is 4.79 Å². The number of carbonyl (C=O) groups is 1. The summed E-state index contributed by atoms with van der Waals surface area (Å²) >= 11 is 0. The Bertz CT molecular complexity index is 624. The molecule has 1 unspecified atom stereocenters. The summed E-state index contributed by atoms with van der Waals surface area (Å²) in [5, 5.41) is 6.89. The second kappa shape index (κ2) is 7.87. The van der Waals surface area contributed by atoms with Crippen LogP contribution in [0.2, 0.25) is 0 Å². The number of amides is 1. The van der Waals surface area contributed by atoms with E-state index in [0.29, 0.717) is 6.42 Å². The Morgan fingerprint density at radius 3 is 2.35 bits per heavy atom. The Hall–Kier alpha value is -1.75. The summed E-state index contributed by atoms with van der Waals surface area (Å²) in [6, 6.07) is 5.94. The zero-order valence-corrected chi connectivity index (χ0v) is 17.2.